The number of aldehydes is 1. The fourth-order valence-electron chi connectivity index (χ4n) is 9.02. The van der Waals surface area contributed by atoms with E-state index in [-0.39, 0.29) is 41.9 Å². The highest BCUT2D eigenvalue weighted by Crippen LogP contribution is 2.36. The molecule has 3 saturated heterocycles. The average Bonchev–Trinajstić information content (AvgIpc) is 3.99. The Morgan fingerprint density at radius 1 is 0.867 bits per heavy atom. The molecule has 4 aliphatic rings. The number of halogens is 1. The maximum Gasteiger partial charge on any atom is 0.262 e. The minimum Gasteiger partial charge on any atom is -0.383 e. The lowest BCUT2D eigenvalue weighted by Gasteiger charge is -2.40. The molecule has 0 spiro atoms. The summed E-state index contributed by atoms with van der Waals surface area (Å²) in [5.74, 6) is -0.747. The third-order valence-electron chi connectivity index (χ3n) is 12.1. The van der Waals surface area contributed by atoms with Crippen molar-refractivity contribution < 1.29 is 28.4 Å². The zero-order valence-electron chi connectivity index (χ0n) is 33.0. The van der Waals surface area contributed by atoms with Crippen LogP contribution in [0.4, 0.5) is 21.7 Å². The molecular formula is C44H45FN10O5. The number of piperazine rings is 1. The summed E-state index contributed by atoms with van der Waals surface area (Å²) < 4.78 is 16.0. The Balaban J connectivity index is 0.862. The first-order valence-corrected chi connectivity index (χ1v) is 20.6. The Morgan fingerprint density at radius 2 is 1.70 bits per heavy atom. The Kier molecular flexibility index (Phi) is 10.8. The molecule has 2 N–H and O–H groups in total. The molecule has 60 heavy (non-hydrogen) atoms. The van der Waals surface area contributed by atoms with Gasteiger partial charge in [-0.15, -0.1) is 5.10 Å². The number of aromatic nitrogens is 4. The summed E-state index contributed by atoms with van der Waals surface area (Å²) in [7, 11) is 0. The van der Waals surface area contributed by atoms with Crippen LogP contribution in [0.2, 0.25) is 0 Å². The molecule has 308 valence electrons. The lowest BCUT2D eigenvalue weighted by atomic mass is 10.0. The standard InChI is InChI=1S/C44H45FN10O5/c45-29-7-3-6-28(24-29)35-10-5-18-53(35)40-16-15-38-47-27-37(55(38)50-40)34-9-4-11-39(48-34)52-21-19-51(20-22-52)31(8-1-2-23-56)26-46-30-12-13-32-33(25-30)44(60)54(43(32)59)36-14-17-41(57)49-42(36)58/h3-4,6-7,9,11-13,15-16,23-25,27,31,35-36,46H,1-2,5,8,10,14,17-22,26H2,(H,49,57,58). The summed E-state index contributed by atoms with van der Waals surface area (Å²) in [6, 6.07) is 20.8. The lowest BCUT2D eigenvalue weighted by Crippen LogP contribution is -2.54. The summed E-state index contributed by atoms with van der Waals surface area (Å²) in [5, 5.41) is 10.7. The number of carbonyl (C=O) groups excluding carboxylic acids is 5. The van der Waals surface area contributed by atoms with Gasteiger partial charge in [0, 0.05) is 63.8 Å². The van der Waals surface area contributed by atoms with Crippen LogP contribution in [0.25, 0.3) is 17.0 Å². The number of fused-ring (bicyclic) bond motifs is 2. The van der Waals surface area contributed by atoms with Crippen LogP contribution in [0.5, 0.6) is 0 Å². The maximum atomic E-state index is 14.1. The van der Waals surface area contributed by atoms with Crippen molar-refractivity contribution in [2.24, 2.45) is 0 Å². The summed E-state index contributed by atoms with van der Waals surface area (Å²) in [5.41, 5.74) is 4.29. The molecule has 3 fully saturated rings. The molecule has 3 atom stereocenters. The molecule has 16 heteroatoms. The van der Waals surface area contributed by atoms with Gasteiger partial charge in [-0.3, -0.25) is 34.3 Å². The Hall–Kier alpha value is -6.55. The number of amides is 4. The van der Waals surface area contributed by atoms with Crippen molar-refractivity contribution in [1.29, 1.82) is 0 Å². The molecule has 2 aromatic carbocycles. The molecular weight excluding hydrogens is 768 g/mol. The van der Waals surface area contributed by atoms with Crippen LogP contribution in [-0.4, -0.2) is 111 Å². The molecule has 5 aromatic rings. The molecule has 4 aliphatic heterocycles. The normalized spacial score (nSPS) is 20.2. The summed E-state index contributed by atoms with van der Waals surface area (Å²) >= 11 is 0. The van der Waals surface area contributed by atoms with E-state index in [4.69, 9.17) is 10.1 Å². The van der Waals surface area contributed by atoms with Gasteiger partial charge >= 0.3 is 0 Å². The second-order valence-electron chi connectivity index (χ2n) is 15.8. The van der Waals surface area contributed by atoms with Gasteiger partial charge in [0.2, 0.25) is 11.8 Å². The number of anilines is 3. The monoisotopic (exact) mass is 812 g/mol. The van der Waals surface area contributed by atoms with Crippen LogP contribution >= 0.6 is 0 Å². The number of rotatable bonds is 13. The SMILES string of the molecule is O=CCCCC(CNc1ccc2c(c1)C(=O)N(C1CCC(=O)NC1=O)C2=O)N1CCN(c2cccc(-c3cnc4ccc(N5CCCC5c5cccc(F)c5)nn34)n2)CC1. The number of imidazole rings is 1. The van der Waals surface area contributed by atoms with Crippen molar-refractivity contribution in [1.82, 2.24) is 34.7 Å². The highest BCUT2D eigenvalue weighted by atomic mass is 19.1. The van der Waals surface area contributed by atoms with Crippen molar-refractivity contribution in [3.05, 3.63) is 102 Å². The van der Waals surface area contributed by atoms with Crippen LogP contribution in [0.15, 0.2) is 79.0 Å². The van der Waals surface area contributed by atoms with Gasteiger partial charge in [-0.1, -0.05) is 18.2 Å². The van der Waals surface area contributed by atoms with Crippen molar-refractivity contribution >= 4 is 52.9 Å². The number of piperidine rings is 1. The van der Waals surface area contributed by atoms with Crippen molar-refractivity contribution in [2.75, 3.05) is 54.4 Å². The van der Waals surface area contributed by atoms with E-state index in [9.17, 15) is 28.4 Å². The van der Waals surface area contributed by atoms with Gasteiger partial charge < -0.3 is 19.9 Å². The summed E-state index contributed by atoms with van der Waals surface area (Å²) in [6.07, 6.45) is 6.77. The van der Waals surface area contributed by atoms with Gasteiger partial charge in [-0.2, -0.15) is 0 Å². The van der Waals surface area contributed by atoms with E-state index in [1.54, 1.807) is 36.5 Å². The van der Waals surface area contributed by atoms with Gasteiger partial charge in [0.05, 0.1) is 29.1 Å². The Labute approximate surface area is 345 Å². The third kappa shape index (κ3) is 7.58. The quantitative estimate of drug-likeness (QED) is 0.0963. The molecule has 7 heterocycles. The number of hydrogen-bond donors (Lipinski definition) is 2. The van der Waals surface area contributed by atoms with Crippen LogP contribution in [-0.2, 0) is 14.4 Å². The third-order valence-corrected chi connectivity index (χ3v) is 12.1. The number of pyridine rings is 1. The first-order valence-electron chi connectivity index (χ1n) is 20.6. The van der Waals surface area contributed by atoms with Crippen LogP contribution in [0.3, 0.4) is 0 Å². The second kappa shape index (κ2) is 16.6. The van der Waals surface area contributed by atoms with Crippen molar-refractivity contribution in [2.45, 2.75) is 63.1 Å². The topological polar surface area (TPSA) is 165 Å². The number of nitrogens with zero attached hydrogens (tertiary/aromatic N) is 8. The highest BCUT2D eigenvalue weighted by Gasteiger charge is 2.44. The predicted octanol–water partition coefficient (Wildman–Crippen LogP) is 4.65. The number of nitrogens with one attached hydrogen (secondary N) is 2. The molecule has 0 radical (unpaired) electrons. The maximum absolute atomic E-state index is 14.1. The molecule has 0 saturated carbocycles. The summed E-state index contributed by atoms with van der Waals surface area (Å²) in [6.45, 7) is 4.37. The average molecular weight is 813 g/mol. The molecule has 3 unspecified atom stereocenters. The fourth-order valence-corrected chi connectivity index (χ4v) is 9.02. The molecule has 0 aliphatic carbocycles. The number of carbonyl (C=O) groups is 5. The van der Waals surface area contributed by atoms with Crippen molar-refractivity contribution in [3.8, 4) is 11.4 Å². The molecule has 15 nitrogen and oxygen atoms in total. The van der Waals surface area contributed by atoms with E-state index in [0.717, 1.165) is 98.2 Å². The van der Waals surface area contributed by atoms with Crippen LogP contribution < -0.4 is 20.4 Å². The smallest absolute Gasteiger partial charge is 0.262 e. The largest absolute Gasteiger partial charge is 0.383 e. The molecule has 3 aromatic heterocycles. The number of benzene rings is 2. The summed E-state index contributed by atoms with van der Waals surface area (Å²) in [4.78, 5) is 79.6. The van der Waals surface area contributed by atoms with Gasteiger partial charge in [0.1, 0.15) is 35.5 Å². The van der Waals surface area contributed by atoms with E-state index in [1.165, 1.54) is 6.07 Å². The van der Waals surface area contributed by atoms with E-state index < -0.39 is 29.7 Å². The second-order valence-corrected chi connectivity index (χ2v) is 15.8. The first-order chi connectivity index (χ1) is 29.2. The van der Waals surface area contributed by atoms with Crippen molar-refractivity contribution in [3.63, 3.8) is 0 Å². The molecule has 9 rings (SSSR count). The minimum absolute atomic E-state index is 0.0368. The number of unbranched alkanes of at least 4 members (excludes halogenated alkanes) is 1. The minimum atomic E-state index is -1.02. The number of imide groups is 2. The lowest BCUT2D eigenvalue weighted by molar-refractivity contribution is -0.136. The first kappa shape index (κ1) is 38.9. The number of hydrogen-bond acceptors (Lipinski definition) is 12. The molecule has 4 amide bonds. The zero-order chi connectivity index (χ0) is 41.3. The fraction of sp³-hybridized carbons (Fsp3) is 0.364. The van der Waals surface area contributed by atoms with Crippen LogP contribution in [0.1, 0.15) is 77.3 Å². The Bertz CT molecular complexity index is 2480. The van der Waals surface area contributed by atoms with Gasteiger partial charge in [-0.25, -0.2) is 18.9 Å². The van der Waals surface area contributed by atoms with Crippen LogP contribution in [0, 0.1) is 5.82 Å². The van der Waals surface area contributed by atoms with E-state index in [0.29, 0.717) is 24.3 Å². The molecule has 0 bridgehead atoms. The van der Waals surface area contributed by atoms with E-state index in [2.05, 4.69) is 30.3 Å². The zero-order valence-corrected chi connectivity index (χ0v) is 33.0. The van der Waals surface area contributed by atoms with Gasteiger partial charge in [0.15, 0.2) is 5.65 Å². The van der Waals surface area contributed by atoms with Gasteiger partial charge in [-0.05, 0) is 92.3 Å². The highest BCUT2D eigenvalue weighted by molar-refractivity contribution is 6.23. The van der Waals surface area contributed by atoms with Gasteiger partial charge in [0.25, 0.3) is 11.8 Å². The van der Waals surface area contributed by atoms with E-state index in [1.807, 2.05) is 40.9 Å². The Morgan fingerprint density at radius 3 is 2.52 bits per heavy atom. The van der Waals surface area contributed by atoms with E-state index >= 15 is 0 Å². The predicted molar refractivity (Wildman–Crippen MR) is 221 cm³/mol.